The molecule has 1 aromatic rings. The van der Waals surface area contributed by atoms with E-state index in [1.165, 1.54) is 11.1 Å². The molecule has 112 valence electrons. The summed E-state index contributed by atoms with van der Waals surface area (Å²) in [6, 6.07) is 0. The predicted molar refractivity (Wildman–Crippen MR) is 68.7 cm³/mol. The fourth-order valence-electron chi connectivity index (χ4n) is 2.09. The molecule has 1 aromatic heterocycles. The summed E-state index contributed by atoms with van der Waals surface area (Å²) in [5.74, 6) is 0. The van der Waals surface area contributed by atoms with E-state index in [2.05, 4.69) is 4.98 Å². The maximum atomic E-state index is 11.8. The minimum absolute atomic E-state index is 0.197. The molecular weight excluding hydrogens is 270 g/mol. The lowest BCUT2D eigenvalue weighted by atomic mass is 10.1. The van der Waals surface area contributed by atoms with Crippen LogP contribution >= 0.6 is 0 Å². The van der Waals surface area contributed by atoms with Gasteiger partial charge in [0.15, 0.2) is 6.23 Å². The Morgan fingerprint density at radius 3 is 2.50 bits per heavy atom. The van der Waals surface area contributed by atoms with Crippen LogP contribution in [-0.4, -0.2) is 63.9 Å². The fraction of sp³-hybridized carbons (Fsp3) is 0.636. The summed E-state index contributed by atoms with van der Waals surface area (Å²) < 4.78 is 6.24. The molecule has 2 unspecified atom stereocenters. The minimum Gasteiger partial charge on any atom is -0.394 e. The smallest absolute Gasteiger partial charge is 0.330 e. The van der Waals surface area contributed by atoms with E-state index in [0.717, 1.165) is 4.57 Å². The van der Waals surface area contributed by atoms with Gasteiger partial charge in [-0.15, -0.1) is 0 Å². The highest BCUT2D eigenvalue weighted by molar-refractivity contribution is 5.39. The van der Waals surface area contributed by atoms with Crippen molar-refractivity contribution in [3.05, 3.63) is 27.0 Å². The normalized spacial score (nSPS) is 29.6. The molecule has 0 aromatic carbocycles. The van der Waals surface area contributed by atoms with Gasteiger partial charge < -0.3 is 25.0 Å². The first-order chi connectivity index (χ1) is 9.36. The average Bonchev–Trinajstić information content (AvgIpc) is 2.66. The molecule has 2 heterocycles. The van der Waals surface area contributed by atoms with Gasteiger partial charge in [0.05, 0.1) is 6.61 Å². The van der Waals surface area contributed by atoms with Crippen molar-refractivity contribution >= 4 is 5.69 Å². The molecule has 0 spiro atoms. The van der Waals surface area contributed by atoms with E-state index >= 15 is 0 Å². The van der Waals surface area contributed by atoms with Crippen molar-refractivity contribution in [3.8, 4) is 0 Å². The number of hydrogen-bond donors (Lipinski definition) is 4. The summed E-state index contributed by atoms with van der Waals surface area (Å²) in [5.41, 5.74) is -1.14. The number of aliphatic hydroxyl groups is 3. The highest BCUT2D eigenvalue weighted by Gasteiger charge is 2.43. The van der Waals surface area contributed by atoms with Gasteiger partial charge in [-0.2, -0.15) is 0 Å². The van der Waals surface area contributed by atoms with E-state index in [1.807, 2.05) is 0 Å². The largest absolute Gasteiger partial charge is 0.394 e. The Morgan fingerprint density at radius 1 is 1.35 bits per heavy atom. The standard InChI is InChI=1S/C11H17N3O6/c1-13(2)5-3-14(11(19)12-9(5)18)10-8(17)7(16)6(4-15)20-10/h3,6-8,10,15-17H,4H2,1-2H3,(H,12,18,19)/t6-,7?,8?,10-/m0/s1. The quantitative estimate of drug-likeness (QED) is 0.473. The number of anilines is 1. The van der Waals surface area contributed by atoms with Crippen molar-refractivity contribution in [1.29, 1.82) is 0 Å². The second-order valence-electron chi connectivity index (χ2n) is 4.80. The Morgan fingerprint density at radius 2 is 2.00 bits per heavy atom. The van der Waals surface area contributed by atoms with Crippen LogP contribution in [0.3, 0.4) is 0 Å². The van der Waals surface area contributed by atoms with Gasteiger partial charge in [0.1, 0.15) is 24.0 Å². The van der Waals surface area contributed by atoms with Crippen molar-refractivity contribution in [1.82, 2.24) is 9.55 Å². The fourth-order valence-corrected chi connectivity index (χ4v) is 2.09. The maximum absolute atomic E-state index is 11.8. The van der Waals surface area contributed by atoms with Crippen LogP contribution in [0.4, 0.5) is 5.69 Å². The maximum Gasteiger partial charge on any atom is 0.330 e. The monoisotopic (exact) mass is 287 g/mol. The zero-order valence-corrected chi connectivity index (χ0v) is 11.1. The summed E-state index contributed by atoms with van der Waals surface area (Å²) in [4.78, 5) is 27.0. The Hall–Kier alpha value is -1.68. The molecule has 9 heteroatoms. The Bertz CT molecular complexity index is 595. The SMILES string of the molecule is CN(C)c1cn([C@H]2O[C@@H](CO)C(O)C2O)c(=O)[nH]c1=O. The molecule has 1 fully saturated rings. The van der Waals surface area contributed by atoms with Crippen LogP contribution in [0.1, 0.15) is 6.23 Å². The Balaban J connectivity index is 2.46. The molecule has 4 atom stereocenters. The third-order valence-corrected chi connectivity index (χ3v) is 3.22. The van der Waals surface area contributed by atoms with E-state index in [9.17, 15) is 19.8 Å². The number of ether oxygens (including phenoxy) is 1. The number of H-pyrrole nitrogens is 1. The van der Waals surface area contributed by atoms with Crippen LogP contribution in [0.5, 0.6) is 0 Å². The van der Waals surface area contributed by atoms with Gasteiger partial charge >= 0.3 is 5.69 Å². The van der Waals surface area contributed by atoms with E-state index in [0.29, 0.717) is 0 Å². The summed E-state index contributed by atoms with van der Waals surface area (Å²) in [7, 11) is 3.24. The predicted octanol–water partition coefficient (Wildman–Crippen LogP) is -2.79. The summed E-state index contributed by atoms with van der Waals surface area (Å²) in [6.45, 7) is -0.493. The minimum atomic E-state index is -1.38. The zero-order chi connectivity index (χ0) is 15.0. The van der Waals surface area contributed by atoms with E-state index in [4.69, 9.17) is 9.84 Å². The van der Waals surface area contributed by atoms with E-state index in [1.54, 1.807) is 14.1 Å². The summed E-state index contributed by atoms with van der Waals surface area (Å²) >= 11 is 0. The molecule has 1 saturated heterocycles. The van der Waals surface area contributed by atoms with Crippen LogP contribution in [0.15, 0.2) is 15.8 Å². The Labute approximate surface area is 113 Å². The van der Waals surface area contributed by atoms with Crippen LogP contribution in [0, 0.1) is 0 Å². The van der Waals surface area contributed by atoms with Crippen molar-refractivity contribution < 1.29 is 20.1 Å². The molecule has 0 radical (unpaired) electrons. The van der Waals surface area contributed by atoms with Crippen molar-refractivity contribution in [3.63, 3.8) is 0 Å². The average molecular weight is 287 g/mol. The van der Waals surface area contributed by atoms with Gasteiger partial charge in [-0.25, -0.2) is 4.79 Å². The zero-order valence-electron chi connectivity index (χ0n) is 11.1. The summed E-state index contributed by atoms with van der Waals surface area (Å²) in [6.07, 6.45) is -3.62. The first-order valence-electron chi connectivity index (χ1n) is 6.02. The third-order valence-electron chi connectivity index (χ3n) is 3.22. The molecule has 0 saturated carbocycles. The number of nitrogens with zero attached hydrogens (tertiary/aromatic N) is 2. The number of rotatable bonds is 3. The Kier molecular flexibility index (Phi) is 3.95. The van der Waals surface area contributed by atoms with Gasteiger partial charge in [0.25, 0.3) is 5.56 Å². The van der Waals surface area contributed by atoms with E-state index in [-0.39, 0.29) is 5.69 Å². The van der Waals surface area contributed by atoms with Crippen molar-refractivity contribution in [2.45, 2.75) is 24.5 Å². The van der Waals surface area contributed by atoms with Gasteiger partial charge in [-0.05, 0) is 0 Å². The molecule has 4 N–H and O–H groups in total. The molecule has 1 aliphatic rings. The number of aromatic amines is 1. The highest BCUT2D eigenvalue weighted by Crippen LogP contribution is 2.28. The first kappa shape index (κ1) is 14.7. The van der Waals surface area contributed by atoms with Gasteiger partial charge in [-0.1, -0.05) is 0 Å². The lowest BCUT2D eigenvalue weighted by Gasteiger charge is -2.19. The third kappa shape index (κ3) is 2.36. The molecular formula is C11H17N3O6. The number of nitrogens with one attached hydrogen (secondary N) is 1. The molecule has 2 rings (SSSR count). The highest BCUT2D eigenvalue weighted by atomic mass is 16.6. The van der Waals surface area contributed by atoms with Gasteiger partial charge in [-0.3, -0.25) is 14.3 Å². The van der Waals surface area contributed by atoms with Gasteiger partial charge in [0.2, 0.25) is 0 Å². The van der Waals surface area contributed by atoms with Gasteiger partial charge in [0, 0.05) is 20.3 Å². The van der Waals surface area contributed by atoms with Crippen LogP contribution < -0.4 is 16.1 Å². The number of aromatic nitrogens is 2. The van der Waals surface area contributed by atoms with Crippen molar-refractivity contribution in [2.24, 2.45) is 0 Å². The molecule has 9 nitrogen and oxygen atoms in total. The second-order valence-corrected chi connectivity index (χ2v) is 4.80. The van der Waals surface area contributed by atoms with Crippen LogP contribution in [0.25, 0.3) is 0 Å². The molecule has 0 aliphatic carbocycles. The van der Waals surface area contributed by atoms with Crippen LogP contribution in [0.2, 0.25) is 0 Å². The number of aliphatic hydroxyl groups excluding tert-OH is 3. The molecule has 0 amide bonds. The first-order valence-corrected chi connectivity index (χ1v) is 6.02. The number of hydrogen-bond acceptors (Lipinski definition) is 7. The van der Waals surface area contributed by atoms with Crippen molar-refractivity contribution in [2.75, 3.05) is 25.6 Å². The second kappa shape index (κ2) is 5.37. The summed E-state index contributed by atoms with van der Waals surface area (Å²) in [5, 5.41) is 28.6. The molecule has 0 bridgehead atoms. The molecule has 1 aliphatic heterocycles. The van der Waals surface area contributed by atoms with E-state index < -0.39 is 42.4 Å². The topological polar surface area (TPSA) is 128 Å². The molecule has 20 heavy (non-hydrogen) atoms. The lowest BCUT2D eigenvalue weighted by molar-refractivity contribution is -0.0549. The van der Waals surface area contributed by atoms with Crippen LogP contribution in [-0.2, 0) is 4.74 Å². The lowest BCUT2D eigenvalue weighted by Crippen LogP contribution is -2.39.